The first-order chi connectivity index (χ1) is 12.6. The predicted molar refractivity (Wildman–Crippen MR) is 99.0 cm³/mol. The van der Waals surface area contributed by atoms with Gasteiger partial charge in [0.1, 0.15) is 19.0 Å². The molecule has 2 aromatic rings. The number of likely N-dealkylation sites (N-methyl/N-ethyl adjacent to an activating group) is 1. The van der Waals surface area contributed by atoms with Crippen LogP contribution in [-0.2, 0) is 0 Å². The summed E-state index contributed by atoms with van der Waals surface area (Å²) in [5.74, 6) is 1.75. The van der Waals surface area contributed by atoms with Crippen LogP contribution in [0.4, 0.5) is 5.82 Å². The van der Waals surface area contributed by atoms with Crippen LogP contribution in [-0.4, -0.2) is 59.6 Å². The fourth-order valence-electron chi connectivity index (χ4n) is 3.61. The molecule has 0 bridgehead atoms. The van der Waals surface area contributed by atoms with Crippen molar-refractivity contribution in [3.8, 4) is 28.5 Å². The predicted octanol–water partition coefficient (Wildman–Crippen LogP) is 2.43. The Morgan fingerprint density at radius 2 is 2.08 bits per heavy atom. The standard InChI is InChI=1S/C19H24N4O3/c1-12-10-16(20-13-4-3-7-23(2)11-13)21-22-17(12)14-5-6-15-19(18(14)24)26-9-8-25-15/h5-6,10,13,24H,3-4,7-9,11H2,1-2H3,(H,20,21)/t13-/m0/s1. The number of nitrogens with zero attached hydrogens (tertiary/aromatic N) is 3. The van der Waals surface area contributed by atoms with Crippen molar-refractivity contribution >= 4 is 5.82 Å². The summed E-state index contributed by atoms with van der Waals surface area (Å²) in [6, 6.07) is 5.96. The van der Waals surface area contributed by atoms with Gasteiger partial charge in [0.2, 0.25) is 5.75 Å². The van der Waals surface area contributed by atoms with Gasteiger partial charge in [-0.3, -0.25) is 0 Å². The number of aromatic hydroxyl groups is 1. The normalized spacial score (nSPS) is 20.0. The zero-order valence-corrected chi connectivity index (χ0v) is 15.2. The number of anilines is 1. The highest BCUT2D eigenvalue weighted by molar-refractivity contribution is 5.75. The molecule has 1 fully saturated rings. The summed E-state index contributed by atoms with van der Waals surface area (Å²) < 4.78 is 11.1. The van der Waals surface area contributed by atoms with Crippen LogP contribution >= 0.6 is 0 Å². The van der Waals surface area contributed by atoms with E-state index < -0.39 is 0 Å². The first-order valence-electron chi connectivity index (χ1n) is 9.03. The summed E-state index contributed by atoms with van der Waals surface area (Å²) in [7, 11) is 2.14. The third-order valence-electron chi connectivity index (χ3n) is 4.90. The highest BCUT2D eigenvalue weighted by atomic mass is 16.6. The molecular weight excluding hydrogens is 332 g/mol. The second kappa shape index (κ2) is 6.99. The number of phenols is 1. The monoisotopic (exact) mass is 356 g/mol. The van der Waals surface area contributed by atoms with Crippen molar-refractivity contribution in [3.05, 3.63) is 23.8 Å². The van der Waals surface area contributed by atoms with Crippen molar-refractivity contribution in [2.24, 2.45) is 0 Å². The number of nitrogens with one attached hydrogen (secondary N) is 1. The third kappa shape index (κ3) is 3.26. The molecule has 2 aliphatic rings. The second-order valence-corrected chi connectivity index (χ2v) is 6.99. The van der Waals surface area contributed by atoms with E-state index in [4.69, 9.17) is 9.47 Å². The Hall–Kier alpha value is -2.54. The summed E-state index contributed by atoms with van der Waals surface area (Å²) in [6.45, 7) is 5.03. The number of hydrogen-bond acceptors (Lipinski definition) is 7. The van der Waals surface area contributed by atoms with Gasteiger partial charge in [-0.2, -0.15) is 0 Å². The van der Waals surface area contributed by atoms with E-state index in [0.717, 1.165) is 30.9 Å². The summed E-state index contributed by atoms with van der Waals surface area (Å²) in [4.78, 5) is 2.32. The molecule has 0 amide bonds. The lowest BCUT2D eigenvalue weighted by molar-refractivity contribution is 0.166. The maximum atomic E-state index is 10.6. The molecule has 1 saturated heterocycles. The molecule has 0 saturated carbocycles. The molecule has 26 heavy (non-hydrogen) atoms. The van der Waals surface area contributed by atoms with Gasteiger partial charge in [0, 0.05) is 18.2 Å². The molecule has 7 heteroatoms. The number of piperidine rings is 1. The number of hydrogen-bond donors (Lipinski definition) is 2. The lowest BCUT2D eigenvalue weighted by Crippen LogP contribution is -2.39. The minimum Gasteiger partial charge on any atom is -0.504 e. The Morgan fingerprint density at radius 1 is 1.23 bits per heavy atom. The van der Waals surface area contributed by atoms with Crippen LogP contribution in [0.15, 0.2) is 18.2 Å². The smallest absolute Gasteiger partial charge is 0.204 e. The van der Waals surface area contributed by atoms with Crippen LogP contribution < -0.4 is 14.8 Å². The van der Waals surface area contributed by atoms with E-state index in [2.05, 4.69) is 27.5 Å². The molecule has 1 aromatic heterocycles. The van der Waals surface area contributed by atoms with Crippen LogP contribution in [0.25, 0.3) is 11.3 Å². The lowest BCUT2D eigenvalue weighted by atomic mass is 10.0. The largest absolute Gasteiger partial charge is 0.504 e. The summed E-state index contributed by atoms with van der Waals surface area (Å²) in [5, 5.41) is 22.7. The molecular formula is C19H24N4O3. The van der Waals surface area contributed by atoms with Crippen molar-refractivity contribution in [1.82, 2.24) is 15.1 Å². The number of aryl methyl sites for hydroxylation is 1. The molecule has 3 heterocycles. The van der Waals surface area contributed by atoms with E-state index in [9.17, 15) is 5.11 Å². The minimum atomic E-state index is 0.0502. The number of benzene rings is 1. The summed E-state index contributed by atoms with van der Waals surface area (Å²) >= 11 is 0. The van der Waals surface area contributed by atoms with E-state index >= 15 is 0 Å². The Morgan fingerprint density at radius 3 is 2.88 bits per heavy atom. The average Bonchev–Trinajstić information content (AvgIpc) is 2.63. The number of phenolic OH excluding ortho intramolecular Hbond substituents is 1. The highest BCUT2D eigenvalue weighted by Crippen LogP contribution is 2.45. The van der Waals surface area contributed by atoms with Crippen molar-refractivity contribution < 1.29 is 14.6 Å². The highest BCUT2D eigenvalue weighted by Gasteiger charge is 2.22. The zero-order valence-electron chi connectivity index (χ0n) is 15.2. The van der Waals surface area contributed by atoms with Crippen LogP contribution in [0.1, 0.15) is 18.4 Å². The fourth-order valence-corrected chi connectivity index (χ4v) is 3.61. The molecule has 2 N–H and O–H groups in total. The van der Waals surface area contributed by atoms with Gasteiger partial charge in [-0.15, -0.1) is 10.2 Å². The molecule has 2 aliphatic heterocycles. The molecule has 0 aliphatic carbocycles. The summed E-state index contributed by atoms with van der Waals surface area (Å²) in [5.41, 5.74) is 2.19. The fraction of sp³-hybridized carbons (Fsp3) is 0.474. The van der Waals surface area contributed by atoms with Gasteiger partial charge < -0.3 is 24.8 Å². The molecule has 1 aromatic carbocycles. The Kier molecular flexibility index (Phi) is 4.55. The zero-order chi connectivity index (χ0) is 18.1. The van der Waals surface area contributed by atoms with E-state index in [-0.39, 0.29) is 5.75 Å². The van der Waals surface area contributed by atoms with E-state index in [1.165, 1.54) is 6.42 Å². The SMILES string of the molecule is Cc1cc(N[C@H]2CCCN(C)C2)nnc1-c1ccc2c(c1O)OCCO2. The molecule has 4 rings (SSSR count). The van der Waals surface area contributed by atoms with Crippen LogP contribution in [0.2, 0.25) is 0 Å². The Bertz CT molecular complexity index is 812. The Labute approximate surface area is 153 Å². The molecule has 7 nitrogen and oxygen atoms in total. The van der Waals surface area contributed by atoms with Gasteiger partial charge >= 0.3 is 0 Å². The number of rotatable bonds is 3. The van der Waals surface area contributed by atoms with Crippen molar-refractivity contribution in [3.63, 3.8) is 0 Å². The van der Waals surface area contributed by atoms with Crippen LogP contribution in [0.5, 0.6) is 17.2 Å². The molecule has 138 valence electrons. The van der Waals surface area contributed by atoms with Gasteiger partial charge in [-0.1, -0.05) is 0 Å². The lowest BCUT2D eigenvalue weighted by Gasteiger charge is -2.30. The second-order valence-electron chi connectivity index (χ2n) is 6.99. The summed E-state index contributed by atoms with van der Waals surface area (Å²) in [6.07, 6.45) is 2.32. The number of fused-ring (bicyclic) bond motifs is 1. The van der Waals surface area contributed by atoms with E-state index in [1.807, 2.05) is 13.0 Å². The maximum absolute atomic E-state index is 10.6. The van der Waals surface area contributed by atoms with E-state index in [1.54, 1.807) is 12.1 Å². The first-order valence-corrected chi connectivity index (χ1v) is 9.03. The van der Waals surface area contributed by atoms with Gasteiger partial charge in [0.05, 0.1) is 5.69 Å². The Balaban J connectivity index is 1.58. The number of likely N-dealkylation sites (tertiary alicyclic amines) is 1. The van der Waals surface area contributed by atoms with Gasteiger partial charge in [0.25, 0.3) is 0 Å². The average molecular weight is 356 g/mol. The van der Waals surface area contributed by atoms with Gasteiger partial charge in [-0.05, 0) is 57.1 Å². The van der Waals surface area contributed by atoms with Crippen LogP contribution in [0.3, 0.4) is 0 Å². The molecule has 0 spiro atoms. The molecule has 0 unspecified atom stereocenters. The topological polar surface area (TPSA) is 79.7 Å². The van der Waals surface area contributed by atoms with Gasteiger partial charge in [-0.25, -0.2) is 0 Å². The van der Waals surface area contributed by atoms with Crippen molar-refractivity contribution in [1.29, 1.82) is 0 Å². The minimum absolute atomic E-state index is 0.0502. The number of ether oxygens (including phenoxy) is 2. The maximum Gasteiger partial charge on any atom is 0.204 e. The van der Waals surface area contributed by atoms with Crippen LogP contribution in [0, 0.1) is 6.92 Å². The molecule has 1 atom stereocenters. The first kappa shape index (κ1) is 16.9. The quantitative estimate of drug-likeness (QED) is 0.874. The van der Waals surface area contributed by atoms with Gasteiger partial charge in [0.15, 0.2) is 11.5 Å². The number of aromatic nitrogens is 2. The van der Waals surface area contributed by atoms with Crippen molar-refractivity contribution in [2.75, 3.05) is 38.7 Å². The van der Waals surface area contributed by atoms with Crippen molar-refractivity contribution in [2.45, 2.75) is 25.8 Å². The third-order valence-corrected chi connectivity index (χ3v) is 4.90. The molecule has 0 radical (unpaired) electrons. The van der Waals surface area contributed by atoms with E-state index in [0.29, 0.717) is 42.0 Å².